The molecule has 0 radical (unpaired) electrons. The highest BCUT2D eigenvalue weighted by Gasteiger charge is 2.36. The Hall–Kier alpha value is -2.68. The second kappa shape index (κ2) is 6.32. The third-order valence-corrected chi connectivity index (χ3v) is 4.75. The van der Waals surface area contributed by atoms with E-state index in [0.717, 1.165) is 20.8 Å². The lowest BCUT2D eigenvalue weighted by atomic mass is 9.75. The van der Waals surface area contributed by atoms with Crippen LogP contribution < -0.4 is 16.6 Å². The van der Waals surface area contributed by atoms with Crippen LogP contribution in [0.4, 0.5) is 0 Å². The molecule has 2 aromatic heterocycles. The molecule has 9 nitrogen and oxygen atoms in total. The van der Waals surface area contributed by atoms with Gasteiger partial charge in [-0.2, -0.15) is 5.10 Å². The van der Waals surface area contributed by atoms with E-state index in [1.165, 1.54) is 14.1 Å². The maximum atomic E-state index is 12.7. The molecule has 2 heterocycles. The summed E-state index contributed by atoms with van der Waals surface area (Å²) >= 11 is 0. The van der Waals surface area contributed by atoms with E-state index in [1.807, 2.05) is 0 Å². The molecule has 1 saturated carbocycles. The van der Waals surface area contributed by atoms with Gasteiger partial charge in [0.1, 0.15) is 5.69 Å². The summed E-state index contributed by atoms with van der Waals surface area (Å²) in [5.41, 5.74) is -0.275. The standard InChI is InChI=1S/C16H21N5O4/c1-19-8-10(7-17-19)14(9-4-11(22)5-9)18-15(24)12-6-13(23)21(3)16(25)20(12)2/h6-9,11,14,22H,4-5H2,1-3H3,(H,18,24)/t9?,11?,14-/m0/s1. The van der Waals surface area contributed by atoms with Crippen LogP contribution in [0.25, 0.3) is 0 Å². The molecular weight excluding hydrogens is 326 g/mol. The summed E-state index contributed by atoms with van der Waals surface area (Å²) < 4.78 is 3.72. The van der Waals surface area contributed by atoms with Crippen LogP contribution in [0.1, 0.15) is 34.9 Å². The minimum Gasteiger partial charge on any atom is -0.393 e. The van der Waals surface area contributed by atoms with Crippen LogP contribution in [0.5, 0.6) is 0 Å². The van der Waals surface area contributed by atoms with Crippen molar-refractivity contribution in [2.75, 3.05) is 0 Å². The second-order valence-electron chi connectivity index (χ2n) is 6.55. The Morgan fingerprint density at radius 1 is 1.28 bits per heavy atom. The number of carbonyl (C=O) groups excluding carboxylic acids is 1. The molecule has 3 rings (SSSR count). The topological polar surface area (TPSA) is 111 Å². The van der Waals surface area contributed by atoms with Gasteiger partial charge in [0.25, 0.3) is 11.5 Å². The molecule has 25 heavy (non-hydrogen) atoms. The predicted molar refractivity (Wildman–Crippen MR) is 89.1 cm³/mol. The minimum atomic E-state index is -0.561. The van der Waals surface area contributed by atoms with Crippen molar-refractivity contribution in [3.63, 3.8) is 0 Å². The molecule has 0 aliphatic heterocycles. The van der Waals surface area contributed by atoms with E-state index in [-0.39, 0.29) is 23.8 Å². The largest absolute Gasteiger partial charge is 0.393 e. The van der Waals surface area contributed by atoms with E-state index in [1.54, 1.807) is 24.1 Å². The average molecular weight is 347 g/mol. The number of nitrogens with zero attached hydrogens (tertiary/aromatic N) is 4. The molecule has 1 atom stereocenters. The van der Waals surface area contributed by atoms with Gasteiger partial charge >= 0.3 is 5.69 Å². The third kappa shape index (κ3) is 3.14. The maximum absolute atomic E-state index is 12.7. The zero-order valence-corrected chi connectivity index (χ0v) is 14.3. The molecule has 0 bridgehead atoms. The van der Waals surface area contributed by atoms with E-state index in [9.17, 15) is 19.5 Å². The SMILES string of the molecule is Cn1cc([C@@H](NC(=O)c2cc(=O)n(C)c(=O)n2C)C2CC(O)C2)cn1. The molecule has 0 unspecified atom stereocenters. The van der Waals surface area contributed by atoms with Crippen LogP contribution in [0, 0.1) is 5.92 Å². The number of rotatable bonds is 4. The highest BCUT2D eigenvalue weighted by Crippen LogP contribution is 2.38. The number of carbonyl (C=O) groups is 1. The zero-order chi connectivity index (χ0) is 18.3. The summed E-state index contributed by atoms with van der Waals surface area (Å²) in [6.07, 6.45) is 4.26. The maximum Gasteiger partial charge on any atom is 0.331 e. The van der Waals surface area contributed by atoms with Gasteiger partial charge in [-0.15, -0.1) is 0 Å². The molecule has 0 spiro atoms. The van der Waals surface area contributed by atoms with Gasteiger partial charge in [0.05, 0.1) is 18.3 Å². The van der Waals surface area contributed by atoms with Crippen molar-refractivity contribution in [2.45, 2.75) is 25.0 Å². The summed E-state index contributed by atoms with van der Waals surface area (Å²) in [5.74, 6) is -0.431. The lowest BCUT2D eigenvalue weighted by molar-refractivity contribution is 0.0234. The van der Waals surface area contributed by atoms with Gasteiger partial charge < -0.3 is 10.4 Å². The molecule has 1 fully saturated rings. The van der Waals surface area contributed by atoms with Crippen LogP contribution in [-0.4, -0.2) is 36.0 Å². The molecule has 1 amide bonds. The molecule has 1 aliphatic carbocycles. The number of nitrogens with one attached hydrogen (secondary N) is 1. The van der Waals surface area contributed by atoms with Crippen LogP contribution >= 0.6 is 0 Å². The van der Waals surface area contributed by atoms with Crippen molar-refractivity contribution in [2.24, 2.45) is 27.1 Å². The zero-order valence-electron chi connectivity index (χ0n) is 14.3. The van der Waals surface area contributed by atoms with Gasteiger partial charge in [-0.25, -0.2) is 4.79 Å². The fourth-order valence-electron chi connectivity index (χ4n) is 3.14. The van der Waals surface area contributed by atoms with Crippen molar-refractivity contribution < 1.29 is 9.90 Å². The molecule has 9 heteroatoms. The summed E-state index contributed by atoms with van der Waals surface area (Å²) in [5, 5.41) is 16.6. The quantitative estimate of drug-likeness (QED) is 0.741. The Kier molecular flexibility index (Phi) is 4.34. The lowest BCUT2D eigenvalue weighted by Gasteiger charge is -2.37. The van der Waals surface area contributed by atoms with Crippen molar-refractivity contribution in [1.29, 1.82) is 0 Å². The Bertz CT molecular complexity index is 919. The van der Waals surface area contributed by atoms with Gasteiger partial charge in [0, 0.05) is 39.0 Å². The molecule has 1 aliphatic rings. The van der Waals surface area contributed by atoms with Crippen molar-refractivity contribution >= 4 is 5.91 Å². The van der Waals surface area contributed by atoms with Gasteiger partial charge in [-0.3, -0.25) is 23.4 Å². The number of hydrogen-bond donors (Lipinski definition) is 2. The first kappa shape index (κ1) is 17.2. The molecule has 0 aromatic carbocycles. The summed E-state index contributed by atoms with van der Waals surface area (Å²) in [7, 11) is 4.59. The average Bonchev–Trinajstić information content (AvgIpc) is 2.97. The van der Waals surface area contributed by atoms with Crippen LogP contribution in [-0.2, 0) is 21.1 Å². The van der Waals surface area contributed by atoms with Crippen molar-refractivity contribution in [3.05, 3.63) is 50.6 Å². The minimum absolute atomic E-state index is 0.00172. The first-order valence-electron chi connectivity index (χ1n) is 8.02. The van der Waals surface area contributed by atoms with E-state index in [4.69, 9.17) is 0 Å². The molecule has 2 aromatic rings. The first-order valence-corrected chi connectivity index (χ1v) is 8.02. The third-order valence-electron chi connectivity index (χ3n) is 4.75. The Morgan fingerprint density at radius 2 is 1.96 bits per heavy atom. The van der Waals surface area contributed by atoms with Crippen molar-refractivity contribution in [1.82, 2.24) is 24.2 Å². The first-order chi connectivity index (χ1) is 11.8. The van der Waals surface area contributed by atoms with Gasteiger partial charge in [-0.05, 0) is 18.8 Å². The van der Waals surface area contributed by atoms with Gasteiger partial charge in [0.2, 0.25) is 0 Å². The smallest absolute Gasteiger partial charge is 0.331 e. The fourth-order valence-corrected chi connectivity index (χ4v) is 3.14. The number of aliphatic hydroxyl groups is 1. The molecule has 2 N–H and O–H groups in total. The van der Waals surface area contributed by atoms with Crippen LogP contribution in [0.15, 0.2) is 28.0 Å². The molecular formula is C16H21N5O4. The van der Waals surface area contributed by atoms with Crippen molar-refractivity contribution in [3.8, 4) is 0 Å². The van der Waals surface area contributed by atoms with Gasteiger partial charge in [0.15, 0.2) is 0 Å². The Labute approximate surface area is 143 Å². The summed E-state index contributed by atoms with van der Waals surface area (Å²) in [6, 6.07) is 0.802. The highest BCUT2D eigenvalue weighted by molar-refractivity contribution is 5.92. The van der Waals surface area contributed by atoms with E-state index in [2.05, 4.69) is 10.4 Å². The second-order valence-corrected chi connectivity index (χ2v) is 6.55. The molecule has 134 valence electrons. The number of amides is 1. The highest BCUT2D eigenvalue weighted by atomic mass is 16.3. The summed E-state index contributed by atoms with van der Waals surface area (Å²) in [6.45, 7) is 0. The number of aryl methyl sites for hydroxylation is 1. The van der Waals surface area contributed by atoms with Crippen LogP contribution in [0.2, 0.25) is 0 Å². The monoisotopic (exact) mass is 347 g/mol. The van der Waals surface area contributed by atoms with E-state index < -0.39 is 17.2 Å². The summed E-state index contributed by atoms with van der Waals surface area (Å²) in [4.78, 5) is 36.6. The normalized spacial score (nSPS) is 20.8. The molecule has 0 saturated heterocycles. The lowest BCUT2D eigenvalue weighted by Crippen LogP contribution is -2.44. The van der Waals surface area contributed by atoms with E-state index in [0.29, 0.717) is 12.8 Å². The van der Waals surface area contributed by atoms with Gasteiger partial charge in [-0.1, -0.05) is 0 Å². The predicted octanol–water partition coefficient (Wildman–Crippen LogP) is -0.940. The Balaban J connectivity index is 1.91. The van der Waals surface area contributed by atoms with Crippen LogP contribution in [0.3, 0.4) is 0 Å². The number of hydrogen-bond acceptors (Lipinski definition) is 5. The van der Waals surface area contributed by atoms with E-state index >= 15 is 0 Å². The number of aromatic nitrogens is 4. The Morgan fingerprint density at radius 3 is 2.52 bits per heavy atom. The fraction of sp³-hybridized carbons (Fsp3) is 0.500. The number of aliphatic hydroxyl groups excluding tert-OH is 1.